The van der Waals surface area contributed by atoms with Gasteiger partial charge in [-0.15, -0.1) is 0 Å². The molecular formula is C7H14BNO3. The molecule has 1 atom stereocenters. The predicted octanol–water partition coefficient (Wildman–Crippen LogP) is -0.172. The molecule has 1 fully saturated rings. The molecule has 4 nitrogen and oxygen atoms in total. The summed E-state index contributed by atoms with van der Waals surface area (Å²) in [5.41, 5.74) is 4.85. The second-order valence-electron chi connectivity index (χ2n) is 3.47. The Labute approximate surface area is 72.5 Å². The van der Waals surface area contributed by atoms with E-state index in [0.29, 0.717) is 6.61 Å². The largest absolute Gasteiger partial charge is 0.420 e. The van der Waals surface area contributed by atoms with Crippen molar-refractivity contribution >= 4 is 13.2 Å². The van der Waals surface area contributed by atoms with Crippen LogP contribution in [0.2, 0.25) is 5.82 Å². The highest BCUT2D eigenvalue weighted by atomic mass is 16.5. The number of carbonyl (C=O) groups excluding carboxylic acids is 1. The number of ether oxygens (including phenoxy) is 1. The molecule has 12 heavy (non-hydrogen) atoms. The quantitative estimate of drug-likeness (QED) is 0.363. The first-order chi connectivity index (χ1) is 5.61. The van der Waals surface area contributed by atoms with Gasteiger partial charge in [-0.1, -0.05) is 0 Å². The van der Waals surface area contributed by atoms with E-state index in [4.69, 9.17) is 15.1 Å². The maximum absolute atomic E-state index is 10.6. The van der Waals surface area contributed by atoms with Crippen LogP contribution in [0, 0.1) is 0 Å². The maximum atomic E-state index is 10.6. The third kappa shape index (κ3) is 1.68. The lowest BCUT2D eigenvalue weighted by Crippen LogP contribution is -2.42. The second kappa shape index (κ2) is 3.55. The third-order valence-corrected chi connectivity index (χ3v) is 2.17. The van der Waals surface area contributed by atoms with Gasteiger partial charge in [-0.2, -0.15) is 0 Å². The predicted molar refractivity (Wildman–Crippen MR) is 45.7 cm³/mol. The molecule has 0 aromatic heterocycles. The molecule has 0 aromatic rings. The number of hydrogen-bond donors (Lipinski definition) is 1. The molecule has 0 bridgehead atoms. The van der Waals surface area contributed by atoms with E-state index < -0.39 is 5.50 Å². The first kappa shape index (κ1) is 9.70. The van der Waals surface area contributed by atoms with Crippen molar-refractivity contribution in [3.8, 4) is 0 Å². The molecule has 5 heteroatoms. The molecule has 1 saturated heterocycles. The van der Waals surface area contributed by atoms with E-state index in [2.05, 4.69) is 0 Å². The number of aldehydes is 1. The molecule has 68 valence electrons. The van der Waals surface area contributed by atoms with Gasteiger partial charge >= 0.3 is 6.92 Å². The molecule has 0 spiro atoms. The average molecular weight is 171 g/mol. The maximum Gasteiger partial charge on any atom is 0.339 e. The minimum atomic E-state index is -0.398. The fourth-order valence-corrected chi connectivity index (χ4v) is 1.53. The van der Waals surface area contributed by atoms with Crippen molar-refractivity contribution in [2.45, 2.75) is 25.2 Å². The Morgan fingerprint density at radius 3 is 3.00 bits per heavy atom. The molecule has 0 saturated carbocycles. The molecule has 1 heterocycles. The van der Waals surface area contributed by atoms with E-state index in [9.17, 15) is 4.79 Å². The lowest BCUT2D eigenvalue weighted by molar-refractivity contribution is -0.108. The van der Waals surface area contributed by atoms with Crippen LogP contribution in [0.4, 0.5) is 0 Å². The number of rotatable bonds is 3. The Bertz CT molecular complexity index is 174. The Morgan fingerprint density at radius 1 is 1.83 bits per heavy atom. The number of carbonyl (C=O) groups is 1. The zero-order valence-corrected chi connectivity index (χ0v) is 7.45. The molecule has 0 radical (unpaired) electrons. The summed E-state index contributed by atoms with van der Waals surface area (Å²) in [4.78, 5) is 10.6. The molecule has 1 aliphatic heterocycles. The van der Waals surface area contributed by atoms with Gasteiger partial charge in [-0.05, 0) is 13.8 Å². The summed E-state index contributed by atoms with van der Waals surface area (Å²) in [7, 11) is 0. The van der Waals surface area contributed by atoms with Crippen molar-refractivity contribution in [2.24, 2.45) is 5.73 Å². The van der Waals surface area contributed by atoms with Crippen LogP contribution in [0.15, 0.2) is 0 Å². The van der Waals surface area contributed by atoms with Gasteiger partial charge in [0.1, 0.15) is 6.29 Å². The summed E-state index contributed by atoms with van der Waals surface area (Å²) in [5, 5.41) is 0. The summed E-state index contributed by atoms with van der Waals surface area (Å²) in [6.07, 6.45) is 0.870. The van der Waals surface area contributed by atoms with Gasteiger partial charge in [0.2, 0.25) is 0 Å². The van der Waals surface area contributed by atoms with Crippen LogP contribution in [0.5, 0.6) is 0 Å². The van der Waals surface area contributed by atoms with Crippen LogP contribution in [0.3, 0.4) is 0 Å². The van der Waals surface area contributed by atoms with Crippen LogP contribution in [0.1, 0.15) is 13.8 Å². The average Bonchev–Trinajstić information content (AvgIpc) is 2.29. The third-order valence-electron chi connectivity index (χ3n) is 2.17. The lowest BCUT2D eigenvalue weighted by Gasteiger charge is -2.22. The standard InChI is InChI=1S/C7H14BNO3/c1-7(2)8(12-5-9)6(3-10)4-11-7/h3,6H,4-5,9H2,1-2H3/t6-/m1/s1. The summed E-state index contributed by atoms with van der Waals surface area (Å²) in [6, 6.07) is 0. The van der Waals surface area contributed by atoms with Gasteiger partial charge < -0.3 is 19.9 Å². The molecule has 0 unspecified atom stereocenters. The monoisotopic (exact) mass is 171 g/mol. The summed E-state index contributed by atoms with van der Waals surface area (Å²) >= 11 is 0. The fourth-order valence-electron chi connectivity index (χ4n) is 1.53. The zero-order valence-electron chi connectivity index (χ0n) is 7.45. The molecule has 0 aliphatic carbocycles. The highest BCUT2D eigenvalue weighted by Crippen LogP contribution is 2.31. The van der Waals surface area contributed by atoms with E-state index in [1.807, 2.05) is 13.8 Å². The Balaban J connectivity index is 2.66. The minimum Gasteiger partial charge on any atom is -0.420 e. The topological polar surface area (TPSA) is 61.5 Å². The highest BCUT2D eigenvalue weighted by Gasteiger charge is 2.48. The van der Waals surface area contributed by atoms with Gasteiger partial charge in [-0.3, -0.25) is 0 Å². The molecule has 0 aromatic carbocycles. The van der Waals surface area contributed by atoms with Crippen molar-refractivity contribution in [1.29, 1.82) is 0 Å². The van der Waals surface area contributed by atoms with Gasteiger partial charge in [-0.25, -0.2) is 0 Å². The van der Waals surface area contributed by atoms with Crippen LogP contribution < -0.4 is 5.73 Å². The van der Waals surface area contributed by atoms with Crippen molar-refractivity contribution in [3.05, 3.63) is 0 Å². The Morgan fingerprint density at radius 2 is 2.50 bits per heavy atom. The van der Waals surface area contributed by atoms with Crippen molar-refractivity contribution in [1.82, 2.24) is 0 Å². The van der Waals surface area contributed by atoms with Gasteiger partial charge in [0.15, 0.2) is 0 Å². The van der Waals surface area contributed by atoms with E-state index in [1.54, 1.807) is 0 Å². The normalized spacial score (nSPS) is 27.6. The highest BCUT2D eigenvalue weighted by molar-refractivity contribution is 6.61. The van der Waals surface area contributed by atoms with Gasteiger partial charge in [0, 0.05) is 5.82 Å². The van der Waals surface area contributed by atoms with Crippen LogP contribution in [-0.4, -0.2) is 32.0 Å². The molecule has 2 N–H and O–H groups in total. The lowest BCUT2D eigenvalue weighted by atomic mass is 9.48. The Hall–Kier alpha value is -0.385. The molecule has 1 rings (SSSR count). The Kier molecular flexibility index (Phi) is 2.87. The smallest absolute Gasteiger partial charge is 0.339 e. The van der Waals surface area contributed by atoms with Crippen molar-refractivity contribution < 1.29 is 14.2 Å². The zero-order chi connectivity index (χ0) is 9.19. The van der Waals surface area contributed by atoms with E-state index in [-0.39, 0.29) is 19.5 Å². The first-order valence-electron chi connectivity index (χ1n) is 4.02. The molecule has 1 aliphatic rings. The molecular weight excluding hydrogens is 157 g/mol. The van der Waals surface area contributed by atoms with Crippen molar-refractivity contribution in [2.75, 3.05) is 13.3 Å². The SMILES string of the molecule is CC1(C)OC[C@@H](C=O)B1OCN. The van der Waals surface area contributed by atoms with Crippen molar-refractivity contribution in [3.63, 3.8) is 0 Å². The van der Waals surface area contributed by atoms with Crippen LogP contribution in [0.25, 0.3) is 0 Å². The van der Waals surface area contributed by atoms with E-state index in [0.717, 1.165) is 6.29 Å². The fraction of sp³-hybridized carbons (Fsp3) is 0.857. The van der Waals surface area contributed by atoms with Gasteiger partial charge in [0.25, 0.3) is 0 Å². The van der Waals surface area contributed by atoms with E-state index in [1.165, 1.54) is 0 Å². The number of nitrogens with two attached hydrogens (primary N) is 1. The summed E-state index contributed by atoms with van der Waals surface area (Å²) in [6.45, 7) is 4.15. The van der Waals surface area contributed by atoms with Crippen LogP contribution >= 0.6 is 0 Å². The number of hydrogen-bond acceptors (Lipinski definition) is 4. The second-order valence-corrected chi connectivity index (χ2v) is 3.47. The summed E-state index contributed by atoms with van der Waals surface area (Å²) in [5.74, 6) is -0.177. The van der Waals surface area contributed by atoms with Crippen LogP contribution in [-0.2, 0) is 14.2 Å². The molecule has 0 amide bonds. The minimum absolute atomic E-state index is 0.127. The first-order valence-corrected chi connectivity index (χ1v) is 4.02. The van der Waals surface area contributed by atoms with E-state index >= 15 is 0 Å². The summed E-state index contributed by atoms with van der Waals surface area (Å²) < 4.78 is 10.6. The van der Waals surface area contributed by atoms with Gasteiger partial charge in [0.05, 0.1) is 18.8 Å².